The Bertz CT molecular complexity index is 393. The van der Waals surface area contributed by atoms with Crippen LogP contribution >= 0.6 is 15.9 Å². The minimum Gasteiger partial charge on any atom is -0.409 e. The van der Waals surface area contributed by atoms with E-state index in [1.54, 1.807) is 0 Å². The van der Waals surface area contributed by atoms with E-state index in [9.17, 15) is 0 Å². The molecule has 0 aliphatic carbocycles. The number of hydrogen-bond donors (Lipinski definition) is 3. The maximum atomic E-state index is 8.51. The summed E-state index contributed by atoms with van der Waals surface area (Å²) in [6.07, 6.45) is 0. The lowest BCUT2D eigenvalue weighted by Gasteiger charge is -2.12. The molecule has 0 saturated carbocycles. The lowest BCUT2D eigenvalue weighted by atomic mass is 10.1. The maximum absolute atomic E-state index is 8.51. The third-order valence-corrected chi connectivity index (χ3v) is 3.26. The fraction of sp³-hybridized carbons (Fsp3) is 0.364. The van der Waals surface area contributed by atoms with E-state index in [0.29, 0.717) is 6.54 Å². The van der Waals surface area contributed by atoms with E-state index in [-0.39, 0.29) is 11.8 Å². The molecule has 4 nitrogen and oxygen atoms in total. The monoisotopic (exact) mass is 285 g/mol. The van der Waals surface area contributed by atoms with E-state index in [1.165, 1.54) is 5.56 Å². The molecular formula is C11H16BrN3O. The quantitative estimate of drug-likeness (QED) is 0.345. The Labute approximate surface area is 104 Å². The number of benzene rings is 1. The molecule has 0 heterocycles. The Morgan fingerprint density at radius 2 is 2.31 bits per heavy atom. The van der Waals surface area contributed by atoms with Crippen molar-refractivity contribution >= 4 is 27.5 Å². The van der Waals surface area contributed by atoms with Crippen LogP contribution in [0, 0.1) is 12.8 Å². The van der Waals surface area contributed by atoms with Crippen molar-refractivity contribution in [3.05, 3.63) is 28.2 Å². The minimum atomic E-state index is -0.00919. The lowest BCUT2D eigenvalue weighted by Crippen LogP contribution is -2.27. The molecule has 0 fully saturated rings. The van der Waals surface area contributed by atoms with E-state index in [2.05, 4.69) is 26.4 Å². The summed E-state index contributed by atoms with van der Waals surface area (Å²) in [5.41, 5.74) is 7.68. The molecule has 0 amide bonds. The molecule has 0 aliphatic heterocycles. The molecule has 1 rings (SSSR count). The second-order valence-corrected chi connectivity index (χ2v) is 4.63. The van der Waals surface area contributed by atoms with Crippen LogP contribution in [0.3, 0.4) is 0 Å². The number of halogens is 1. The van der Waals surface area contributed by atoms with Gasteiger partial charge in [0, 0.05) is 22.6 Å². The van der Waals surface area contributed by atoms with Crippen molar-refractivity contribution in [3.63, 3.8) is 0 Å². The summed E-state index contributed by atoms with van der Waals surface area (Å²) < 4.78 is 1.06. The normalized spacial score (nSPS) is 13.6. The molecule has 0 saturated heterocycles. The molecule has 4 N–H and O–H groups in total. The van der Waals surface area contributed by atoms with Gasteiger partial charge < -0.3 is 16.3 Å². The summed E-state index contributed by atoms with van der Waals surface area (Å²) in [4.78, 5) is 0. The first-order valence-electron chi connectivity index (χ1n) is 5.02. The molecule has 0 bridgehead atoms. The van der Waals surface area contributed by atoms with Gasteiger partial charge in [-0.2, -0.15) is 0 Å². The van der Waals surface area contributed by atoms with E-state index in [1.807, 2.05) is 32.0 Å². The molecule has 5 heteroatoms. The molecule has 0 aromatic heterocycles. The fourth-order valence-corrected chi connectivity index (χ4v) is 1.56. The van der Waals surface area contributed by atoms with Crippen molar-refractivity contribution in [3.8, 4) is 0 Å². The van der Waals surface area contributed by atoms with E-state index >= 15 is 0 Å². The highest BCUT2D eigenvalue weighted by Gasteiger charge is 2.07. The van der Waals surface area contributed by atoms with Gasteiger partial charge >= 0.3 is 0 Å². The van der Waals surface area contributed by atoms with Gasteiger partial charge in [-0.15, -0.1) is 0 Å². The molecule has 1 unspecified atom stereocenters. The number of nitrogens with one attached hydrogen (secondary N) is 1. The third kappa shape index (κ3) is 3.41. The highest BCUT2D eigenvalue weighted by Crippen LogP contribution is 2.20. The molecule has 0 radical (unpaired) electrons. The number of nitrogens with two attached hydrogens (primary N) is 1. The summed E-state index contributed by atoms with van der Waals surface area (Å²) in [6.45, 7) is 4.56. The van der Waals surface area contributed by atoms with Crippen molar-refractivity contribution in [1.29, 1.82) is 0 Å². The fourth-order valence-electron chi connectivity index (χ4n) is 1.18. The highest BCUT2D eigenvalue weighted by molar-refractivity contribution is 9.10. The average Bonchev–Trinajstić information content (AvgIpc) is 2.29. The maximum Gasteiger partial charge on any atom is 0.143 e. The van der Waals surface area contributed by atoms with Gasteiger partial charge in [-0.05, 0) is 24.6 Å². The van der Waals surface area contributed by atoms with Crippen LogP contribution in [-0.4, -0.2) is 17.6 Å². The van der Waals surface area contributed by atoms with Crippen molar-refractivity contribution in [1.82, 2.24) is 0 Å². The van der Waals surface area contributed by atoms with Crippen LogP contribution in [0.5, 0.6) is 0 Å². The van der Waals surface area contributed by atoms with Gasteiger partial charge in [0.1, 0.15) is 5.84 Å². The second kappa shape index (κ2) is 5.75. The first-order chi connectivity index (χ1) is 7.54. The van der Waals surface area contributed by atoms with Crippen molar-refractivity contribution in [2.45, 2.75) is 13.8 Å². The average molecular weight is 286 g/mol. The number of hydrogen-bond acceptors (Lipinski definition) is 3. The molecule has 88 valence electrons. The number of rotatable bonds is 4. The Morgan fingerprint density at radius 3 is 2.88 bits per heavy atom. The van der Waals surface area contributed by atoms with Gasteiger partial charge in [-0.3, -0.25) is 0 Å². The number of amidine groups is 1. The Balaban J connectivity index is 2.58. The van der Waals surface area contributed by atoms with E-state index in [4.69, 9.17) is 10.9 Å². The SMILES string of the molecule is Cc1ccc(NCC(C)C(N)=NO)cc1Br. The van der Waals surface area contributed by atoms with E-state index in [0.717, 1.165) is 10.2 Å². The van der Waals surface area contributed by atoms with Gasteiger partial charge in [-0.25, -0.2) is 0 Å². The van der Waals surface area contributed by atoms with Crippen LogP contribution in [-0.2, 0) is 0 Å². The zero-order valence-corrected chi connectivity index (χ0v) is 11.0. The summed E-state index contributed by atoms with van der Waals surface area (Å²) >= 11 is 3.47. The van der Waals surface area contributed by atoms with Gasteiger partial charge in [-0.1, -0.05) is 34.1 Å². The summed E-state index contributed by atoms with van der Waals surface area (Å²) in [5.74, 6) is 0.226. The van der Waals surface area contributed by atoms with Crippen molar-refractivity contribution in [2.24, 2.45) is 16.8 Å². The smallest absolute Gasteiger partial charge is 0.143 e. The first-order valence-corrected chi connectivity index (χ1v) is 5.81. The Kier molecular flexibility index (Phi) is 4.61. The molecule has 16 heavy (non-hydrogen) atoms. The molecule has 1 atom stereocenters. The third-order valence-electron chi connectivity index (χ3n) is 2.40. The zero-order chi connectivity index (χ0) is 12.1. The summed E-state index contributed by atoms with van der Waals surface area (Å²) in [5, 5.41) is 14.7. The van der Waals surface area contributed by atoms with Crippen LogP contribution in [0.15, 0.2) is 27.8 Å². The van der Waals surface area contributed by atoms with Crippen LogP contribution in [0.4, 0.5) is 5.69 Å². The molecule has 1 aromatic rings. The van der Waals surface area contributed by atoms with Gasteiger partial charge in [0.2, 0.25) is 0 Å². The van der Waals surface area contributed by atoms with Crippen LogP contribution < -0.4 is 11.1 Å². The highest BCUT2D eigenvalue weighted by atomic mass is 79.9. The summed E-state index contributed by atoms with van der Waals surface area (Å²) in [6, 6.07) is 6.04. The van der Waals surface area contributed by atoms with Crippen molar-refractivity contribution < 1.29 is 5.21 Å². The topological polar surface area (TPSA) is 70.6 Å². The number of oxime groups is 1. The van der Waals surface area contributed by atoms with Crippen molar-refractivity contribution in [2.75, 3.05) is 11.9 Å². The number of nitrogens with zero attached hydrogens (tertiary/aromatic N) is 1. The summed E-state index contributed by atoms with van der Waals surface area (Å²) in [7, 11) is 0. The lowest BCUT2D eigenvalue weighted by molar-refractivity contribution is 0.315. The number of aryl methyl sites for hydroxylation is 1. The molecule has 0 spiro atoms. The van der Waals surface area contributed by atoms with Crippen LogP contribution in [0.2, 0.25) is 0 Å². The Morgan fingerprint density at radius 1 is 1.62 bits per heavy atom. The predicted octanol–water partition coefficient (Wildman–Crippen LogP) is 2.55. The van der Waals surface area contributed by atoms with Gasteiger partial charge in [0.25, 0.3) is 0 Å². The largest absolute Gasteiger partial charge is 0.409 e. The van der Waals surface area contributed by atoms with Crippen LogP contribution in [0.25, 0.3) is 0 Å². The molecule has 0 aliphatic rings. The Hall–Kier alpha value is -1.23. The van der Waals surface area contributed by atoms with Crippen LogP contribution in [0.1, 0.15) is 12.5 Å². The standard InChI is InChI=1S/C11H16BrN3O/c1-7-3-4-9(5-10(7)12)14-6-8(2)11(13)15-16/h3-5,8,14,16H,6H2,1-2H3,(H2,13,15). The van der Waals surface area contributed by atoms with E-state index < -0.39 is 0 Å². The zero-order valence-electron chi connectivity index (χ0n) is 9.37. The minimum absolute atomic E-state index is 0.00919. The molecular weight excluding hydrogens is 270 g/mol. The van der Waals surface area contributed by atoms with Gasteiger partial charge in [0.05, 0.1) is 0 Å². The molecule has 1 aromatic carbocycles. The predicted molar refractivity (Wildman–Crippen MR) is 69.9 cm³/mol. The first kappa shape index (κ1) is 12.8. The second-order valence-electron chi connectivity index (χ2n) is 3.77. The van der Waals surface area contributed by atoms with Gasteiger partial charge in [0.15, 0.2) is 0 Å². The number of anilines is 1.